The number of rotatable bonds is 7. The molecule has 1 amide bonds. The molecule has 0 aliphatic rings. The van der Waals surface area contributed by atoms with Gasteiger partial charge in [0.15, 0.2) is 9.84 Å². The number of nitrogens with zero attached hydrogens (tertiary/aromatic N) is 3. The van der Waals surface area contributed by atoms with Crippen LogP contribution in [-0.4, -0.2) is 47.1 Å². The molecule has 2 aromatic rings. The van der Waals surface area contributed by atoms with E-state index >= 15 is 0 Å². The summed E-state index contributed by atoms with van der Waals surface area (Å²) in [4.78, 5) is 12.1. The molecule has 8 heteroatoms. The first-order valence-corrected chi connectivity index (χ1v) is 9.13. The molecule has 2 rings (SSSR count). The largest absolute Gasteiger partial charge is 0.351 e. The Labute approximate surface area is 135 Å². The second-order valence-corrected chi connectivity index (χ2v) is 7.91. The second-order valence-electron chi connectivity index (χ2n) is 5.68. The van der Waals surface area contributed by atoms with E-state index in [0.717, 1.165) is 5.69 Å². The van der Waals surface area contributed by atoms with Crippen LogP contribution in [0.4, 0.5) is 0 Å². The van der Waals surface area contributed by atoms with Gasteiger partial charge < -0.3 is 5.32 Å². The van der Waals surface area contributed by atoms with Gasteiger partial charge in [0.2, 0.25) is 0 Å². The molecule has 0 spiro atoms. The van der Waals surface area contributed by atoms with Crippen LogP contribution in [0.1, 0.15) is 24.2 Å². The van der Waals surface area contributed by atoms with Gasteiger partial charge in [-0.2, -0.15) is 0 Å². The zero-order valence-electron chi connectivity index (χ0n) is 13.1. The Hall–Kier alpha value is -2.22. The Kier molecular flexibility index (Phi) is 5.49. The Balaban J connectivity index is 1.95. The van der Waals surface area contributed by atoms with E-state index in [0.29, 0.717) is 5.56 Å². The predicted octanol–water partition coefficient (Wildman–Crippen LogP) is 1.07. The zero-order valence-corrected chi connectivity index (χ0v) is 14.0. The lowest BCUT2D eigenvalue weighted by molar-refractivity contribution is 0.0956. The van der Waals surface area contributed by atoms with Gasteiger partial charge in [-0.25, -0.2) is 8.42 Å². The van der Waals surface area contributed by atoms with Gasteiger partial charge in [0.1, 0.15) is 12.7 Å². The minimum atomic E-state index is -3.14. The highest BCUT2D eigenvalue weighted by atomic mass is 32.2. The SMILES string of the molecule is CC(C)CS(=O)(=O)CCNC(=O)c1cccc(-n2cnnc2)c1. The molecule has 124 valence electrons. The maximum Gasteiger partial charge on any atom is 0.251 e. The van der Waals surface area contributed by atoms with Crippen molar-refractivity contribution >= 4 is 15.7 Å². The Morgan fingerprint density at radius 3 is 2.61 bits per heavy atom. The fourth-order valence-corrected chi connectivity index (χ4v) is 3.75. The Bertz CT molecular complexity index is 755. The van der Waals surface area contributed by atoms with E-state index in [1.807, 2.05) is 19.9 Å². The molecule has 0 saturated carbocycles. The summed E-state index contributed by atoms with van der Waals surface area (Å²) in [6, 6.07) is 6.94. The van der Waals surface area contributed by atoms with Gasteiger partial charge in [-0.15, -0.1) is 10.2 Å². The molecule has 0 saturated heterocycles. The van der Waals surface area contributed by atoms with E-state index < -0.39 is 9.84 Å². The van der Waals surface area contributed by atoms with E-state index in [4.69, 9.17) is 0 Å². The smallest absolute Gasteiger partial charge is 0.251 e. The fraction of sp³-hybridized carbons (Fsp3) is 0.400. The number of amides is 1. The van der Waals surface area contributed by atoms with Crippen molar-refractivity contribution in [3.05, 3.63) is 42.5 Å². The Morgan fingerprint density at radius 1 is 1.26 bits per heavy atom. The molecular formula is C15H20N4O3S. The number of carbonyl (C=O) groups is 1. The lowest BCUT2D eigenvalue weighted by atomic mass is 10.2. The van der Waals surface area contributed by atoms with E-state index in [-0.39, 0.29) is 29.9 Å². The highest BCUT2D eigenvalue weighted by Crippen LogP contribution is 2.09. The number of benzene rings is 1. The summed E-state index contributed by atoms with van der Waals surface area (Å²) in [5.74, 6) is -0.149. The van der Waals surface area contributed by atoms with Crippen LogP contribution in [0.15, 0.2) is 36.9 Å². The molecule has 23 heavy (non-hydrogen) atoms. The third kappa shape index (κ3) is 5.17. The van der Waals surface area contributed by atoms with Crippen LogP contribution in [0.3, 0.4) is 0 Å². The van der Waals surface area contributed by atoms with Crippen molar-refractivity contribution in [3.63, 3.8) is 0 Å². The van der Waals surface area contributed by atoms with Crippen molar-refractivity contribution < 1.29 is 13.2 Å². The highest BCUT2D eigenvalue weighted by molar-refractivity contribution is 7.91. The normalized spacial score (nSPS) is 11.6. The summed E-state index contributed by atoms with van der Waals surface area (Å²) in [5, 5.41) is 10.1. The van der Waals surface area contributed by atoms with Gasteiger partial charge in [-0.1, -0.05) is 19.9 Å². The van der Waals surface area contributed by atoms with E-state index in [1.165, 1.54) is 12.7 Å². The van der Waals surface area contributed by atoms with Gasteiger partial charge in [-0.05, 0) is 24.1 Å². The lowest BCUT2D eigenvalue weighted by Gasteiger charge is -2.09. The molecule has 7 nitrogen and oxygen atoms in total. The van der Waals surface area contributed by atoms with Crippen LogP contribution in [0.5, 0.6) is 0 Å². The molecule has 0 unspecified atom stereocenters. The van der Waals surface area contributed by atoms with Gasteiger partial charge >= 0.3 is 0 Å². The van der Waals surface area contributed by atoms with E-state index in [2.05, 4.69) is 15.5 Å². The maximum absolute atomic E-state index is 12.1. The van der Waals surface area contributed by atoms with Crippen molar-refractivity contribution in [1.82, 2.24) is 20.1 Å². The monoisotopic (exact) mass is 336 g/mol. The number of aromatic nitrogens is 3. The molecule has 0 bridgehead atoms. The van der Waals surface area contributed by atoms with Crippen molar-refractivity contribution in [2.45, 2.75) is 13.8 Å². The minimum absolute atomic E-state index is 0.0535. The summed E-state index contributed by atoms with van der Waals surface area (Å²) >= 11 is 0. The van der Waals surface area contributed by atoms with Crippen LogP contribution in [0.25, 0.3) is 5.69 Å². The molecule has 1 aromatic carbocycles. The molecule has 0 fully saturated rings. The average molecular weight is 336 g/mol. The van der Waals surface area contributed by atoms with E-state index in [1.54, 1.807) is 22.8 Å². The zero-order chi connectivity index (χ0) is 16.9. The number of nitrogens with one attached hydrogen (secondary N) is 1. The Morgan fingerprint density at radius 2 is 1.96 bits per heavy atom. The molecule has 0 radical (unpaired) electrons. The lowest BCUT2D eigenvalue weighted by Crippen LogP contribution is -2.30. The first-order valence-electron chi connectivity index (χ1n) is 7.31. The number of sulfone groups is 1. The standard InChI is InChI=1S/C15H20N4O3S/c1-12(2)9-23(21,22)7-6-16-15(20)13-4-3-5-14(8-13)19-10-17-18-11-19/h3-5,8,10-12H,6-7,9H2,1-2H3,(H,16,20). The van der Waals surface area contributed by atoms with Crippen LogP contribution in [0, 0.1) is 5.92 Å². The van der Waals surface area contributed by atoms with Gasteiger partial charge in [0, 0.05) is 17.8 Å². The molecule has 1 aromatic heterocycles. The quantitative estimate of drug-likeness (QED) is 0.816. The van der Waals surface area contributed by atoms with Crippen LogP contribution < -0.4 is 5.32 Å². The second kappa shape index (κ2) is 7.36. The molecule has 1 heterocycles. The fourth-order valence-electron chi connectivity index (χ4n) is 2.16. The number of hydrogen-bond donors (Lipinski definition) is 1. The predicted molar refractivity (Wildman–Crippen MR) is 87.2 cm³/mol. The van der Waals surface area contributed by atoms with Crippen LogP contribution in [0.2, 0.25) is 0 Å². The van der Waals surface area contributed by atoms with Crippen molar-refractivity contribution in [3.8, 4) is 5.69 Å². The molecule has 0 atom stereocenters. The molecular weight excluding hydrogens is 316 g/mol. The van der Waals surface area contributed by atoms with Crippen molar-refractivity contribution in [2.75, 3.05) is 18.1 Å². The minimum Gasteiger partial charge on any atom is -0.351 e. The van der Waals surface area contributed by atoms with Crippen molar-refractivity contribution in [1.29, 1.82) is 0 Å². The third-order valence-electron chi connectivity index (χ3n) is 3.11. The van der Waals surface area contributed by atoms with Gasteiger partial charge in [0.25, 0.3) is 5.91 Å². The summed E-state index contributed by atoms with van der Waals surface area (Å²) in [5.41, 5.74) is 1.22. The number of hydrogen-bond acceptors (Lipinski definition) is 5. The first-order chi connectivity index (χ1) is 10.9. The summed E-state index contributed by atoms with van der Waals surface area (Å²) in [6.07, 6.45) is 3.07. The molecule has 0 aliphatic heterocycles. The van der Waals surface area contributed by atoms with Crippen LogP contribution >= 0.6 is 0 Å². The third-order valence-corrected chi connectivity index (χ3v) is 5.11. The summed E-state index contributed by atoms with van der Waals surface area (Å²) in [7, 11) is -3.14. The van der Waals surface area contributed by atoms with E-state index in [9.17, 15) is 13.2 Å². The topological polar surface area (TPSA) is 94.0 Å². The molecule has 0 aliphatic carbocycles. The van der Waals surface area contributed by atoms with Crippen molar-refractivity contribution in [2.24, 2.45) is 5.92 Å². The highest BCUT2D eigenvalue weighted by Gasteiger charge is 2.14. The summed E-state index contributed by atoms with van der Waals surface area (Å²) in [6.45, 7) is 3.81. The summed E-state index contributed by atoms with van der Waals surface area (Å²) < 4.78 is 25.3. The maximum atomic E-state index is 12.1. The molecule has 1 N–H and O–H groups in total. The van der Waals surface area contributed by atoms with Gasteiger partial charge in [0.05, 0.1) is 11.5 Å². The van der Waals surface area contributed by atoms with Crippen LogP contribution in [-0.2, 0) is 9.84 Å². The average Bonchev–Trinajstić information content (AvgIpc) is 3.00. The van der Waals surface area contributed by atoms with Gasteiger partial charge in [-0.3, -0.25) is 9.36 Å². The first kappa shape index (κ1) is 17.1. The number of carbonyl (C=O) groups excluding carboxylic acids is 1.